The van der Waals surface area contributed by atoms with Gasteiger partial charge in [0.25, 0.3) is 5.91 Å². The van der Waals surface area contributed by atoms with E-state index in [1.807, 2.05) is 13.8 Å². The Bertz CT molecular complexity index is 1090. The van der Waals surface area contributed by atoms with Gasteiger partial charge in [0.15, 0.2) is 0 Å². The molecule has 2 heterocycles. The van der Waals surface area contributed by atoms with Gasteiger partial charge < -0.3 is 15.5 Å². The Morgan fingerprint density at radius 2 is 1.84 bits per heavy atom. The third kappa shape index (κ3) is 5.73. The molecule has 210 valence electrons. The van der Waals surface area contributed by atoms with Gasteiger partial charge in [0.05, 0.1) is 12.5 Å². The highest BCUT2D eigenvalue weighted by Gasteiger charge is 2.70. The van der Waals surface area contributed by atoms with E-state index >= 15 is 0 Å². The van der Waals surface area contributed by atoms with Crippen LogP contribution >= 0.6 is 0 Å². The first-order chi connectivity index (χ1) is 17.4. The lowest BCUT2D eigenvalue weighted by molar-refractivity contribution is -0.176. The van der Waals surface area contributed by atoms with Gasteiger partial charge in [-0.15, -0.1) is 0 Å². The first-order valence-electron chi connectivity index (χ1n) is 12.4. The SMILES string of the molecule is CC#CC(=O)N(C[C@@H]1CCNC1=O)NC(=O)[C@@H]1[C@@H]2[C@H](CN1C(=O)C(NC(=O)C(F)(F)F)C(C)(C)C)C2(C)C. The van der Waals surface area contributed by atoms with E-state index in [1.165, 1.54) is 32.6 Å². The summed E-state index contributed by atoms with van der Waals surface area (Å²) >= 11 is 0. The number of hydrogen-bond donors (Lipinski definition) is 3. The molecule has 13 heteroatoms. The second kappa shape index (κ2) is 10.1. The first-order valence-corrected chi connectivity index (χ1v) is 12.4. The van der Waals surface area contributed by atoms with Gasteiger partial charge in [0, 0.05) is 13.1 Å². The average molecular weight is 542 g/mol. The smallest absolute Gasteiger partial charge is 0.356 e. The van der Waals surface area contributed by atoms with Crippen LogP contribution in [-0.2, 0) is 24.0 Å². The maximum Gasteiger partial charge on any atom is 0.471 e. The van der Waals surface area contributed by atoms with Crippen molar-refractivity contribution in [2.24, 2.45) is 28.6 Å². The predicted octanol–water partition coefficient (Wildman–Crippen LogP) is 0.582. The molecule has 0 radical (unpaired) electrons. The number of alkyl halides is 3. The number of piperidine rings is 1. The Kier molecular flexibility index (Phi) is 7.78. The van der Waals surface area contributed by atoms with Crippen LogP contribution in [0.4, 0.5) is 13.2 Å². The van der Waals surface area contributed by atoms with Gasteiger partial charge in [0.2, 0.25) is 11.8 Å². The first kappa shape index (κ1) is 29.3. The minimum Gasteiger partial charge on any atom is -0.356 e. The summed E-state index contributed by atoms with van der Waals surface area (Å²) in [6.07, 6.45) is -4.74. The molecule has 1 aliphatic carbocycles. The molecule has 0 aromatic heterocycles. The third-order valence-electron chi connectivity index (χ3n) is 7.69. The molecule has 0 spiro atoms. The largest absolute Gasteiger partial charge is 0.471 e. The standard InChI is InChI=1S/C25H34F3N5O5/c1-7-8-15(34)33(11-13-9-10-29-19(13)35)31-20(36)17-16-14(24(16,5)6)12-32(17)21(37)18(23(2,3)4)30-22(38)25(26,27)28/h13-14,16-18H,9-12H2,1-6H3,(H,29,35)(H,30,38)(H,31,36)/t13-,14-,16-,17-,18?/m0/s1. The maximum atomic E-state index is 13.6. The van der Waals surface area contributed by atoms with Crippen LogP contribution in [0.2, 0.25) is 0 Å². The molecular formula is C25H34F3N5O5. The number of nitrogens with zero attached hydrogens (tertiary/aromatic N) is 2. The number of hydrazine groups is 1. The van der Waals surface area contributed by atoms with Gasteiger partial charge in [-0.3, -0.25) is 29.4 Å². The summed E-state index contributed by atoms with van der Waals surface area (Å²) in [6, 6.07) is -2.66. The highest BCUT2D eigenvalue weighted by Crippen LogP contribution is 2.65. The van der Waals surface area contributed by atoms with Crippen LogP contribution < -0.4 is 16.1 Å². The van der Waals surface area contributed by atoms with Gasteiger partial charge in [-0.2, -0.15) is 13.2 Å². The van der Waals surface area contributed by atoms with E-state index in [-0.39, 0.29) is 36.2 Å². The number of rotatable bonds is 5. The zero-order valence-corrected chi connectivity index (χ0v) is 22.3. The van der Waals surface area contributed by atoms with Crippen molar-refractivity contribution in [1.29, 1.82) is 0 Å². The Morgan fingerprint density at radius 1 is 1.21 bits per heavy atom. The van der Waals surface area contributed by atoms with Gasteiger partial charge in [-0.1, -0.05) is 40.5 Å². The summed E-state index contributed by atoms with van der Waals surface area (Å²) in [5, 5.41) is 5.41. The number of hydrogen-bond acceptors (Lipinski definition) is 5. The highest BCUT2D eigenvalue weighted by atomic mass is 19.4. The van der Waals surface area contributed by atoms with E-state index in [0.717, 1.165) is 5.01 Å². The van der Waals surface area contributed by atoms with Gasteiger partial charge in [-0.05, 0) is 41.9 Å². The topological polar surface area (TPSA) is 128 Å². The number of fused-ring (bicyclic) bond motifs is 1. The number of likely N-dealkylation sites (tertiary alicyclic amines) is 1. The highest BCUT2D eigenvalue weighted by molar-refractivity contribution is 5.98. The summed E-state index contributed by atoms with van der Waals surface area (Å²) < 4.78 is 39.0. The van der Waals surface area contributed by atoms with Crippen molar-refractivity contribution >= 4 is 29.5 Å². The molecule has 0 aromatic carbocycles. The van der Waals surface area contributed by atoms with Crippen molar-refractivity contribution in [1.82, 2.24) is 26.0 Å². The normalized spacial score (nSPS) is 26.3. The van der Waals surface area contributed by atoms with Crippen molar-refractivity contribution in [2.45, 2.75) is 66.2 Å². The molecule has 2 aliphatic heterocycles. The van der Waals surface area contributed by atoms with E-state index < -0.39 is 53.2 Å². The van der Waals surface area contributed by atoms with Crippen LogP contribution in [0.15, 0.2) is 0 Å². The summed E-state index contributed by atoms with van der Waals surface area (Å²) in [5.41, 5.74) is 1.09. The van der Waals surface area contributed by atoms with Crippen LogP contribution in [0.3, 0.4) is 0 Å². The summed E-state index contributed by atoms with van der Waals surface area (Å²) in [7, 11) is 0. The Morgan fingerprint density at radius 3 is 2.34 bits per heavy atom. The van der Waals surface area contributed by atoms with Crippen LogP contribution in [-0.4, -0.2) is 77.3 Å². The fraction of sp³-hybridized carbons (Fsp3) is 0.720. The molecular weight excluding hydrogens is 507 g/mol. The van der Waals surface area contributed by atoms with Crippen LogP contribution in [0.5, 0.6) is 0 Å². The number of nitrogens with one attached hydrogen (secondary N) is 3. The molecule has 0 bridgehead atoms. The number of carbonyl (C=O) groups is 5. The number of halogens is 3. The van der Waals surface area contributed by atoms with Crippen molar-refractivity contribution < 1.29 is 37.1 Å². The lowest BCUT2D eigenvalue weighted by Gasteiger charge is -2.38. The molecule has 5 atom stereocenters. The second-order valence-corrected chi connectivity index (χ2v) is 11.7. The molecule has 3 rings (SSSR count). The molecule has 10 nitrogen and oxygen atoms in total. The van der Waals surface area contributed by atoms with E-state index in [2.05, 4.69) is 22.6 Å². The predicted molar refractivity (Wildman–Crippen MR) is 128 cm³/mol. The molecule has 38 heavy (non-hydrogen) atoms. The lowest BCUT2D eigenvalue weighted by Crippen LogP contribution is -2.62. The fourth-order valence-corrected chi connectivity index (χ4v) is 5.43. The second-order valence-electron chi connectivity index (χ2n) is 11.7. The Balaban J connectivity index is 1.87. The minimum atomic E-state index is -5.19. The van der Waals surface area contributed by atoms with E-state index in [4.69, 9.17) is 0 Å². The van der Waals surface area contributed by atoms with Gasteiger partial charge in [0.1, 0.15) is 12.1 Å². The summed E-state index contributed by atoms with van der Waals surface area (Å²) in [6.45, 7) is 10.2. The van der Waals surface area contributed by atoms with Crippen molar-refractivity contribution in [2.75, 3.05) is 19.6 Å². The molecule has 0 aromatic rings. The zero-order chi connectivity index (χ0) is 28.8. The summed E-state index contributed by atoms with van der Waals surface area (Å²) in [5.74, 6) is -0.972. The molecule has 1 saturated carbocycles. The Hall–Kier alpha value is -3.30. The lowest BCUT2D eigenvalue weighted by atomic mass is 9.85. The van der Waals surface area contributed by atoms with Gasteiger partial charge in [-0.25, -0.2) is 5.01 Å². The number of amides is 5. The van der Waals surface area contributed by atoms with E-state index in [1.54, 1.807) is 5.32 Å². The van der Waals surface area contributed by atoms with Crippen LogP contribution in [0.25, 0.3) is 0 Å². The van der Waals surface area contributed by atoms with Gasteiger partial charge >= 0.3 is 18.0 Å². The van der Waals surface area contributed by atoms with Crippen LogP contribution in [0, 0.1) is 40.4 Å². The maximum absolute atomic E-state index is 13.6. The fourth-order valence-electron chi connectivity index (χ4n) is 5.43. The van der Waals surface area contributed by atoms with Crippen molar-refractivity contribution in [3.63, 3.8) is 0 Å². The average Bonchev–Trinajstić information content (AvgIpc) is 3.15. The van der Waals surface area contributed by atoms with Crippen molar-refractivity contribution in [3.8, 4) is 11.8 Å². The molecule has 2 saturated heterocycles. The van der Waals surface area contributed by atoms with Crippen LogP contribution in [0.1, 0.15) is 48.0 Å². The molecule has 3 fully saturated rings. The molecule has 5 amide bonds. The third-order valence-corrected chi connectivity index (χ3v) is 7.69. The minimum absolute atomic E-state index is 0.0960. The summed E-state index contributed by atoms with van der Waals surface area (Å²) in [4.78, 5) is 64.8. The number of carbonyl (C=O) groups excluding carboxylic acids is 5. The molecule has 3 aliphatic rings. The van der Waals surface area contributed by atoms with E-state index in [9.17, 15) is 37.1 Å². The Labute approximate surface area is 219 Å². The molecule has 3 N–H and O–H groups in total. The van der Waals surface area contributed by atoms with Crippen molar-refractivity contribution in [3.05, 3.63) is 0 Å². The molecule has 1 unspecified atom stereocenters. The zero-order valence-electron chi connectivity index (χ0n) is 22.3. The van der Waals surface area contributed by atoms with E-state index in [0.29, 0.717) is 13.0 Å². The monoisotopic (exact) mass is 541 g/mol. The quantitative estimate of drug-likeness (QED) is 0.347.